The summed E-state index contributed by atoms with van der Waals surface area (Å²) in [6, 6.07) is 7.68. The Morgan fingerprint density at radius 1 is 1.17 bits per heavy atom. The number of carbonyl (C=O) groups is 1. The first-order valence-electron chi connectivity index (χ1n) is 12.7. The fraction of sp³-hybridized carbons (Fsp3) is 0.519. The molecule has 1 aliphatic rings. The highest BCUT2D eigenvalue weighted by atomic mass is 28.3. The van der Waals surface area contributed by atoms with E-state index in [2.05, 4.69) is 52.1 Å². The molecule has 0 aliphatic heterocycles. The van der Waals surface area contributed by atoms with Gasteiger partial charge in [0.2, 0.25) is 0 Å². The number of aromatic nitrogens is 3. The number of rotatable bonds is 9. The number of anilines is 2. The van der Waals surface area contributed by atoms with E-state index >= 15 is 0 Å². The Hall–Kier alpha value is -2.91. The van der Waals surface area contributed by atoms with Crippen molar-refractivity contribution in [3.05, 3.63) is 36.2 Å². The van der Waals surface area contributed by atoms with E-state index in [-0.39, 0.29) is 0 Å². The highest BCUT2D eigenvalue weighted by Gasteiger charge is 2.23. The van der Waals surface area contributed by atoms with Crippen LogP contribution in [0.2, 0.25) is 25.7 Å². The van der Waals surface area contributed by atoms with Crippen LogP contribution in [0.1, 0.15) is 39.2 Å². The summed E-state index contributed by atoms with van der Waals surface area (Å²) in [4.78, 5) is 21.6. The molecule has 0 saturated heterocycles. The summed E-state index contributed by atoms with van der Waals surface area (Å²) < 4.78 is 13.5. The summed E-state index contributed by atoms with van der Waals surface area (Å²) in [6.45, 7) is 15.8. The molecule has 36 heavy (non-hydrogen) atoms. The van der Waals surface area contributed by atoms with Crippen LogP contribution >= 0.6 is 0 Å². The lowest BCUT2D eigenvalue weighted by atomic mass is 10.0. The third-order valence-electron chi connectivity index (χ3n) is 5.91. The van der Waals surface area contributed by atoms with Crippen LogP contribution in [0.4, 0.5) is 16.4 Å². The Morgan fingerprint density at radius 2 is 1.92 bits per heavy atom. The van der Waals surface area contributed by atoms with Crippen LogP contribution in [-0.4, -0.2) is 47.0 Å². The quantitative estimate of drug-likeness (QED) is 0.248. The van der Waals surface area contributed by atoms with Crippen LogP contribution in [0.5, 0.6) is 0 Å². The third-order valence-corrected chi connectivity index (χ3v) is 7.61. The average Bonchev–Trinajstić information content (AvgIpc) is 3.49. The van der Waals surface area contributed by atoms with Crippen molar-refractivity contribution in [2.24, 2.45) is 0 Å². The van der Waals surface area contributed by atoms with Gasteiger partial charge in [-0.15, -0.1) is 0 Å². The van der Waals surface area contributed by atoms with Crippen molar-refractivity contribution in [1.82, 2.24) is 14.5 Å². The molecule has 0 bridgehead atoms. The summed E-state index contributed by atoms with van der Waals surface area (Å²) in [5.41, 5.74) is 3.34. The van der Waals surface area contributed by atoms with Crippen molar-refractivity contribution in [3.63, 3.8) is 0 Å². The summed E-state index contributed by atoms with van der Waals surface area (Å²) in [6.07, 6.45) is 5.76. The highest BCUT2D eigenvalue weighted by molar-refractivity contribution is 6.76. The maximum atomic E-state index is 12.2. The molecule has 3 aromatic rings. The molecule has 1 saturated carbocycles. The van der Waals surface area contributed by atoms with Crippen LogP contribution in [-0.2, 0) is 16.2 Å². The normalized spacial score (nSPS) is 14.2. The number of ether oxygens (including phenoxy) is 2. The Kier molecular flexibility index (Phi) is 7.42. The molecule has 1 fully saturated rings. The van der Waals surface area contributed by atoms with Crippen LogP contribution in [0.15, 0.2) is 30.6 Å². The van der Waals surface area contributed by atoms with Crippen molar-refractivity contribution >= 4 is 36.8 Å². The second-order valence-corrected chi connectivity index (χ2v) is 17.5. The SMILES string of the molecule is Cc1cc(NC(=O)OC(C)(C)C)ncc1-c1cn(COCC[Si](C)(C)C)c2nc(NC3CC3)ccc12. The van der Waals surface area contributed by atoms with E-state index in [0.29, 0.717) is 18.6 Å². The van der Waals surface area contributed by atoms with Gasteiger partial charge >= 0.3 is 6.09 Å². The van der Waals surface area contributed by atoms with E-state index in [9.17, 15) is 4.79 Å². The molecule has 0 aromatic carbocycles. The van der Waals surface area contributed by atoms with E-state index in [1.165, 1.54) is 12.8 Å². The minimum atomic E-state index is -1.16. The number of carbonyl (C=O) groups excluding carboxylic acids is 1. The second-order valence-electron chi connectivity index (χ2n) is 11.9. The lowest BCUT2D eigenvalue weighted by molar-refractivity contribution is 0.0635. The van der Waals surface area contributed by atoms with Crippen LogP contribution in [0, 0.1) is 6.92 Å². The van der Waals surface area contributed by atoms with Gasteiger partial charge in [0.05, 0.1) is 0 Å². The molecule has 2 N–H and O–H groups in total. The third kappa shape index (κ3) is 7.07. The average molecular weight is 510 g/mol. The number of hydrogen-bond acceptors (Lipinski definition) is 6. The van der Waals surface area contributed by atoms with Gasteiger partial charge in [-0.3, -0.25) is 5.32 Å². The van der Waals surface area contributed by atoms with Crippen LogP contribution in [0.25, 0.3) is 22.2 Å². The van der Waals surface area contributed by atoms with Gasteiger partial charge in [-0.25, -0.2) is 14.8 Å². The monoisotopic (exact) mass is 509 g/mol. The lowest BCUT2D eigenvalue weighted by Gasteiger charge is -2.19. The number of hydrogen-bond donors (Lipinski definition) is 2. The Labute approximate surface area is 214 Å². The first-order chi connectivity index (χ1) is 16.9. The molecular weight excluding hydrogens is 470 g/mol. The van der Waals surface area contributed by atoms with Gasteiger partial charge in [0, 0.05) is 49.6 Å². The highest BCUT2D eigenvalue weighted by Crippen LogP contribution is 2.34. The Morgan fingerprint density at radius 3 is 2.56 bits per heavy atom. The van der Waals surface area contributed by atoms with Gasteiger partial charge in [-0.1, -0.05) is 19.6 Å². The molecule has 0 atom stereocenters. The molecule has 3 aromatic heterocycles. The van der Waals surface area contributed by atoms with E-state index in [4.69, 9.17) is 14.5 Å². The molecule has 3 heterocycles. The lowest BCUT2D eigenvalue weighted by Crippen LogP contribution is -2.27. The van der Waals surface area contributed by atoms with Gasteiger partial charge in [0.1, 0.15) is 29.6 Å². The van der Waals surface area contributed by atoms with Crippen molar-refractivity contribution in [1.29, 1.82) is 0 Å². The molecule has 4 rings (SSSR count). The summed E-state index contributed by atoms with van der Waals surface area (Å²) >= 11 is 0. The van der Waals surface area contributed by atoms with Gasteiger partial charge < -0.3 is 19.4 Å². The van der Waals surface area contributed by atoms with Crippen molar-refractivity contribution < 1.29 is 14.3 Å². The minimum Gasteiger partial charge on any atom is -0.444 e. The molecule has 0 radical (unpaired) electrons. The molecule has 9 heteroatoms. The molecular formula is C27H39N5O3Si. The number of amides is 1. The van der Waals surface area contributed by atoms with Crippen molar-refractivity contribution in [2.75, 3.05) is 17.2 Å². The van der Waals surface area contributed by atoms with Gasteiger partial charge in [-0.05, 0) is 70.3 Å². The maximum absolute atomic E-state index is 12.2. The summed E-state index contributed by atoms with van der Waals surface area (Å²) in [7, 11) is -1.16. The number of nitrogens with one attached hydrogen (secondary N) is 2. The minimum absolute atomic E-state index is 0.450. The maximum Gasteiger partial charge on any atom is 0.413 e. The van der Waals surface area contributed by atoms with E-state index < -0.39 is 19.8 Å². The fourth-order valence-electron chi connectivity index (χ4n) is 3.85. The fourth-order valence-corrected chi connectivity index (χ4v) is 4.61. The summed E-state index contributed by atoms with van der Waals surface area (Å²) in [5.74, 6) is 1.35. The number of aryl methyl sites for hydroxylation is 1. The number of pyridine rings is 2. The van der Waals surface area contributed by atoms with E-state index in [0.717, 1.165) is 46.2 Å². The smallest absolute Gasteiger partial charge is 0.413 e. The first-order valence-corrected chi connectivity index (χ1v) is 16.4. The predicted molar refractivity (Wildman–Crippen MR) is 148 cm³/mol. The Bertz CT molecular complexity index is 1240. The van der Waals surface area contributed by atoms with E-state index in [1.54, 1.807) is 6.20 Å². The molecule has 194 valence electrons. The zero-order valence-electron chi connectivity index (χ0n) is 22.6. The standard InChI is InChI=1S/C27H39N5O3Si/c1-18-14-24(31-26(33)35-27(2,3)4)28-15-21(18)22-16-32(17-34-12-13-36(5,6)7)25-20(22)10-11-23(30-25)29-19-8-9-19/h10-11,14-16,19H,8-9,12-13,17H2,1-7H3,(H,29,30)(H,28,31,33). The predicted octanol–water partition coefficient (Wildman–Crippen LogP) is 6.64. The number of nitrogens with zero attached hydrogens (tertiary/aromatic N) is 3. The van der Waals surface area contributed by atoms with Gasteiger partial charge in [0.25, 0.3) is 0 Å². The molecule has 0 spiro atoms. The molecule has 1 aliphatic carbocycles. The first kappa shape index (κ1) is 26.2. The molecule has 1 amide bonds. The zero-order chi connectivity index (χ0) is 26.1. The van der Waals surface area contributed by atoms with Gasteiger partial charge in [0.15, 0.2) is 0 Å². The van der Waals surface area contributed by atoms with Crippen molar-refractivity contribution in [2.45, 2.75) is 84.6 Å². The molecule has 8 nitrogen and oxygen atoms in total. The van der Waals surface area contributed by atoms with Crippen LogP contribution in [0.3, 0.4) is 0 Å². The van der Waals surface area contributed by atoms with Gasteiger partial charge in [-0.2, -0.15) is 0 Å². The Balaban J connectivity index is 1.60. The van der Waals surface area contributed by atoms with Crippen LogP contribution < -0.4 is 10.6 Å². The second kappa shape index (κ2) is 10.2. The molecule has 0 unspecified atom stereocenters. The largest absolute Gasteiger partial charge is 0.444 e. The van der Waals surface area contributed by atoms with E-state index in [1.807, 2.05) is 39.8 Å². The zero-order valence-corrected chi connectivity index (χ0v) is 23.6. The summed E-state index contributed by atoms with van der Waals surface area (Å²) in [5, 5.41) is 7.27. The van der Waals surface area contributed by atoms with Crippen molar-refractivity contribution in [3.8, 4) is 11.1 Å². The number of fused-ring (bicyclic) bond motifs is 1. The topological polar surface area (TPSA) is 90.3 Å².